The molecule has 0 saturated carbocycles. The zero-order chi connectivity index (χ0) is 27.1. The van der Waals surface area contributed by atoms with E-state index in [1.807, 2.05) is 0 Å². The number of amides is 1. The lowest BCUT2D eigenvalue weighted by molar-refractivity contribution is -0.137. The third kappa shape index (κ3) is 6.52. The molecule has 4 rings (SSSR count). The maximum atomic E-state index is 13.4. The van der Waals surface area contributed by atoms with Gasteiger partial charge < -0.3 is 10.0 Å². The van der Waals surface area contributed by atoms with E-state index in [1.54, 1.807) is 49.8 Å². The van der Waals surface area contributed by atoms with Gasteiger partial charge in [0.15, 0.2) is 0 Å². The molecule has 0 aliphatic heterocycles. The van der Waals surface area contributed by atoms with Crippen LogP contribution in [0.15, 0.2) is 77.9 Å². The summed E-state index contributed by atoms with van der Waals surface area (Å²) in [7, 11) is 1.59. The number of carbonyl (C=O) groups excluding carboxylic acids is 1. The first kappa shape index (κ1) is 26.3. The van der Waals surface area contributed by atoms with Crippen molar-refractivity contribution in [3.8, 4) is 16.9 Å². The Morgan fingerprint density at radius 3 is 2.37 bits per heavy atom. The first-order valence-corrected chi connectivity index (χ1v) is 11.9. The number of hydrogen-bond donors (Lipinski definition) is 1. The number of aliphatic carboxylic acids is 1. The SMILES string of the molecule is CN(C(=O)c1ccc(-c2cn(-c3ccc(F)cc3)nn2)cc1/N=C/CCCCC(=O)O)c1ccc(F)cc1. The molecular formula is C28H25F2N5O3. The van der Waals surface area contributed by atoms with Crippen molar-refractivity contribution in [2.45, 2.75) is 25.7 Å². The fourth-order valence-corrected chi connectivity index (χ4v) is 3.73. The minimum absolute atomic E-state index is 0.0826. The minimum Gasteiger partial charge on any atom is -0.481 e. The Hall–Kier alpha value is -4.73. The smallest absolute Gasteiger partial charge is 0.303 e. The number of carboxylic acids is 1. The van der Waals surface area contributed by atoms with Crippen molar-refractivity contribution in [2.24, 2.45) is 4.99 Å². The standard InChI is InChI=1S/C28H25F2N5O3/c1-34(22-11-7-20(29)8-12-22)28(38)24-15-6-19(17-25(24)31-16-4-2-3-5-27(36)37)26-18-35(33-32-26)23-13-9-21(30)10-14-23/h6-18H,2-5H2,1H3,(H,36,37)/b31-16+. The molecule has 0 fully saturated rings. The van der Waals surface area contributed by atoms with Crippen LogP contribution in [0.1, 0.15) is 36.0 Å². The summed E-state index contributed by atoms with van der Waals surface area (Å²) in [5.41, 5.74) is 3.07. The van der Waals surface area contributed by atoms with Crippen LogP contribution in [-0.2, 0) is 4.79 Å². The summed E-state index contributed by atoms with van der Waals surface area (Å²) in [5, 5.41) is 17.1. The van der Waals surface area contributed by atoms with E-state index in [9.17, 15) is 18.4 Å². The van der Waals surface area contributed by atoms with Crippen LogP contribution >= 0.6 is 0 Å². The van der Waals surface area contributed by atoms with Crippen LogP contribution in [0.4, 0.5) is 20.2 Å². The van der Waals surface area contributed by atoms with Crippen molar-refractivity contribution < 1.29 is 23.5 Å². The highest BCUT2D eigenvalue weighted by atomic mass is 19.1. The van der Waals surface area contributed by atoms with E-state index in [2.05, 4.69) is 15.3 Å². The highest BCUT2D eigenvalue weighted by Gasteiger charge is 2.19. The van der Waals surface area contributed by atoms with Crippen LogP contribution in [0.2, 0.25) is 0 Å². The van der Waals surface area contributed by atoms with Gasteiger partial charge in [-0.05, 0) is 79.9 Å². The third-order valence-electron chi connectivity index (χ3n) is 5.83. The minimum atomic E-state index is -0.847. The quantitative estimate of drug-likeness (QED) is 0.211. The molecule has 0 unspecified atom stereocenters. The Kier molecular flexibility index (Phi) is 8.32. The van der Waals surface area contributed by atoms with Gasteiger partial charge in [-0.3, -0.25) is 14.6 Å². The maximum Gasteiger partial charge on any atom is 0.303 e. The summed E-state index contributed by atoms with van der Waals surface area (Å²) in [5.74, 6) is -1.94. The summed E-state index contributed by atoms with van der Waals surface area (Å²) >= 11 is 0. The molecule has 1 heterocycles. The average molecular weight is 518 g/mol. The Morgan fingerprint density at radius 1 is 1.00 bits per heavy atom. The molecule has 0 saturated heterocycles. The third-order valence-corrected chi connectivity index (χ3v) is 5.83. The predicted octanol–water partition coefficient (Wildman–Crippen LogP) is 5.84. The number of anilines is 1. The second-order valence-electron chi connectivity index (χ2n) is 8.55. The van der Waals surface area contributed by atoms with Gasteiger partial charge in [-0.1, -0.05) is 11.3 Å². The van der Waals surface area contributed by atoms with Gasteiger partial charge in [0.05, 0.1) is 23.1 Å². The van der Waals surface area contributed by atoms with E-state index in [4.69, 9.17) is 5.11 Å². The second-order valence-corrected chi connectivity index (χ2v) is 8.55. The number of nitrogens with zero attached hydrogens (tertiary/aromatic N) is 5. The van der Waals surface area contributed by atoms with Crippen molar-refractivity contribution >= 4 is 29.5 Å². The fourth-order valence-electron chi connectivity index (χ4n) is 3.73. The van der Waals surface area contributed by atoms with Gasteiger partial charge in [0.2, 0.25) is 0 Å². The van der Waals surface area contributed by atoms with Gasteiger partial charge in [0.25, 0.3) is 5.91 Å². The van der Waals surface area contributed by atoms with Crippen LogP contribution in [0.25, 0.3) is 16.9 Å². The summed E-state index contributed by atoms with van der Waals surface area (Å²) in [6, 6.07) is 16.5. The molecule has 0 aliphatic rings. The van der Waals surface area contributed by atoms with E-state index in [0.717, 1.165) is 0 Å². The van der Waals surface area contributed by atoms with Crippen molar-refractivity contribution in [3.63, 3.8) is 0 Å². The number of rotatable bonds is 10. The van der Waals surface area contributed by atoms with E-state index in [0.29, 0.717) is 53.1 Å². The molecule has 1 amide bonds. The molecule has 194 valence electrons. The van der Waals surface area contributed by atoms with Crippen LogP contribution in [-0.4, -0.2) is 45.2 Å². The lowest BCUT2D eigenvalue weighted by Gasteiger charge is -2.18. The summed E-state index contributed by atoms with van der Waals surface area (Å²) < 4.78 is 28.2. The van der Waals surface area contributed by atoms with Gasteiger partial charge >= 0.3 is 5.97 Å². The second kappa shape index (κ2) is 12.0. The maximum absolute atomic E-state index is 13.4. The number of hydrogen-bond acceptors (Lipinski definition) is 5. The first-order chi connectivity index (χ1) is 18.3. The van der Waals surface area contributed by atoms with Gasteiger partial charge in [0.1, 0.15) is 17.3 Å². The monoisotopic (exact) mass is 517 g/mol. The topological polar surface area (TPSA) is 101 Å². The molecule has 1 N–H and O–H groups in total. The first-order valence-electron chi connectivity index (χ1n) is 11.9. The van der Waals surface area contributed by atoms with E-state index in [1.165, 1.54) is 46.0 Å². The number of halogens is 2. The normalized spacial score (nSPS) is 11.1. The van der Waals surface area contributed by atoms with Crippen LogP contribution < -0.4 is 4.90 Å². The summed E-state index contributed by atoms with van der Waals surface area (Å²) in [6.45, 7) is 0. The molecule has 8 nitrogen and oxygen atoms in total. The predicted molar refractivity (Wildman–Crippen MR) is 140 cm³/mol. The fraction of sp³-hybridized carbons (Fsp3) is 0.179. The zero-order valence-corrected chi connectivity index (χ0v) is 20.6. The number of aliphatic imine (C=N–C) groups is 1. The van der Waals surface area contributed by atoms with Crippen molar-refractivity contribution in [1.29, 1.82) is 0 Å². The molecule has 4 aromatic rings. The molecule has 0 aliphatic carbocycles. The van der Waals surface area contributed by atoms with Crippen LogP contribution in [0.3, 0.4) is 0 Å². The van der Waals surface area contributed by atoms with Crippen LogP contribution in [0.5, 0.6) is 0 Å². The average Bonchev–Trinajstić information content (AvgIpc) is 3.41. The zero-order valence-electron chi connectivity index (χ0n) is 20.6. The molecule has 3 aromatic carbocycles. The number of carbonyl (C=O) groups is 2. The number of carboxylic acid groups (broad SMARTS) is 1. The van der Waals surface area contributed by atoms with E-state index >= 15 is 0 Å². The lowest BCUT2D eigenvalue weighted by atomic mass is 10.1. The number of aromatic nitrogens is 3. The van der Waals surface area contributed by atoms with Gasteiger partial charge in [-0.2, -0.15) is 0 Å². The van der Waals surface area contributed by atoms with E-state index in [-0.39, 0.29) is 18.1 Å². The highest BCUT2D eigenvalue weighted by molar-refractivity contribution is 6.09. The molecule has 10 heteroatoms. The van der Waals surface area contributed by atoms with Crippen LogP contribution in [0, 0.1) is 11.6 Å². The summed E-state index contributed by atoms with van der Waals surface area (Å²) in [4.78, 5) is 30.0. The van der Waals surface area contributed by atoms with Crippen molar-refractivity contribution in [2.75, 3.05) is 11.9 Å². The summed E-state index contributed by atoms with van der Waals surface area (Å²) in [6.07, 6.45) is 5.13. The molecule has 1 aromatic heterocycles. The largest absolute Gasteiger partial charge is 0.481 e. The van der Waals surface area contributed by atoms with Gasteiger partial charge in [0, 0.05) is 30.9 Å². The van der Waals surface area contributed by atoms with Crippen molar-refractivity contribution in [3.05, 3.63) is 90.1 Å². The van der Waals surface area contributed by atoms with Crippen molar-refractivity contribution in [1.82, 2.24) is 15.0 Å². The molecule has 0 radical (unpaired) electrons. The van der Waals surface area contributed by atoms with Gasteiger partial charge in [-0.15, -0.1) is 5.10 Å². The molecular weight excluding hydrogens is 492 g/mol. The van der Waals surface area contributed by atoms with Gasteiger partial charge in [-0.25, -0.2) is 13.5 Å². The Labute approximate surface area is 217 Å². The van der Waals surface area contributed by atoms with E-state index < -0.39 is 11.8 Å². The molecule has 0 bridgehead atoms. The molecule has 0 spiro atoms. The molecule has 38 heavy (non-hydrogen) atoms. The number of benzene rings is 3. The lowest BCUT2D eigenvalue weighted by Crippen LogP contribution is -2.26. The highest BCUT2D eigenvalue weighted by Crippen LogP contribution is 2.29. The molecule has 0 atom stereocenters. The Morgan fingerprint density at radius 2 is 1.68 bits per heavy atom. The Bertz CT molecular complexity index is 1450. The number of unbranched alkanes of at least 4 members (excludes halogenated alkanes) is 2. The Balaban J connectivity index is 1.62.